The first kappa shape index (κ1) is 15.4. The van der Waals surface area contributed by atoms with E-state index < -0.39 is 0 Å². The number of hydrogen-bond acceptors (Lipinski definition) is 4. The molecular weight excluding hydrogens is 294 g/mol. The fourth-order valence-electron chi connectivity index (χ4n) is 1.44. The van der Waals surface area contributed by atoms with Crippen LogP contribution in [0.2, 0.25) is 0 Å². The van der Waals surface area contributed by atoms with E-state index in [0.717, 1.165) is 16.2 Å². The molecule has 1 aromatic rings. The summed E-state index contributed by atoms with van der Waals surface area (Å²) in [4.78, 5) is 8.90. The molecule has 5 heteroatoms. The van der Waals surface area contributed by atoms with Gasteiger partial charge in [0.05, 0.1) is 12.6 Å². The Balaban J connectivity index is 3.00. The second-order valence-corrected chi connectivity index (χ2v) is 6.64. The summed E-state index contributed by atoms with van der Waals surface area (Å²) in [6.45, 7) is 10.4. The van der Waals surface area contributed by atoms with Crippen LogP contribution >= 0.6 is 15.9 Å². The normalized spacial score (nSPS) is 13.8. The van der Waals surface area contributed by atoms with E-state index in [1.807, 2.05) is 6.07 Å². The molecule has 1 rings (SSSR count). The zero-order valence-corrected chi connectivity index (χ0v) is 13.2. The smallest absolute Gasteiger partial charge is 0.137 e. The van der Waals surface area contributed by atoms with Crippen molar-refractivity contribution in [2.24, 2.45) is 5.92 Å². The second kappa shape index (κ2) is 5.97. The zero-order chi connectivity index (χ0) is 13.9. The minimum absolute atomic E-state index is 0.000353. The number of aliphatic hydroxyl groups is 1. The molecule has 0 aromatic carbocycles. The van der Waals surface area contributed by atoms with E-state index in [-0.39, 0.29) is 18.1 Å². The summed E-state index contributed by atoms with van der Waals surface area (Å²) in [7, 11) is 0. The van der Waals surface area contributed by atoms with E-state index >= 15 is 0 Å². The Morgan fingerprint density at radius 1 is 1.33 bits per heavy atom. The number of halogens is 1. The molecule has 4 nitrogen and oxygen atoms in total. The van der Waals surface area contributed by atoms with Gasteiger partial charge in [0.15, 0.2) is 0 Å². The van der Waals surface area contributed by atoms with Gasteiger partial charge in [-0.2, -0.15) is 0 Å². The maximum atomic E-state index is 9.34. The van der Waals surface area contributed by atoms with E-state index in [1.165, 1.54) is 0 Å². The Morgan fingerprint density at radius 3 is 2.39 bits per heavy atom. The highest BCUT2D eigenvalue weighted by Crippen LogP contribution is 2.23. The number of anilines is 1. The van der Waals surface area contributed by atoms with Gasteiger partial charge in [0, 0.05) is 11.5 Å². The maximum Gasteiger partial charge on any atom is 0.137 e. The predicted molar refractivity (Wildman–Crippen MR) is 77.8 cm³/mol. The molecule has 0 saturated heterocycles. The van der Waals surface area contributed by atoms with E-state index in [1.54, 1.807) is 0 Å². The average molecular weight is 316 g/mol. The van der Waals surface area contributed by atoms with Gasteiger partial charge in [-0.3, -0.25) is 0 Å². The Morgan fingerprint density at radius 2 is 1.94 bits per heavy atom. The molecule has 0 aliphatic heterocycles. The number of aliphatic hydroxyl groups excluding tert-OH is 1. The van der Waals surface area contributed by atoms with Gasteiger partial charge in [-0.15, -0.1) is 0 Å². The molecule has 1 atom stereocenters. The van der Waals surface area contributed by atoms with Gasteiger partial charge < -0.3 is 10.4 Å². The van der Waals surface area contributed by atoms with Crippen molar-refractivity contribution in [3.05, 3.63) is 16.5 Å². The molecule has 0 spiro atoms. The van der Waals surface area contributed by atoms with Crippen LogP contribution in [0.3, 0.4) is 0 Å². The molecule has 1 unspecified atom stereocenters. The Bertz CT molecular complexity index is 402. The zero-order valence-electron chi connectivity index (χ0n) is 11.7. The molecule has 1 heterocycles. The summed E-state index contributed by atoms with van der Waals surface area (Å²) >= 11 is 3.40. The summed E-state index contributed by atoms with van der Waals surface area (Å²) in [5.41, 5.74) is -0.104. The number of nitrogens with one attached hydrogen (secondary N) is 1. The SMILES string of the molecule is CC(C)C(CO)Nc1cc(Br)nc(C(C)(C)C)n1. The summed E-state index contributed by atoms with van der Waals surface area (Å²) in [5.74, 6) is 1.86. The van der Waals surface area contributed by atoms with Gasteiger partial charge in [-0.25, -0.2) is 9.97 Å². The highest BCUT2D eigenvalue weighted by Gasteiger charge is 2.20. The molecular formula is C13H22BrN3O. The van der Waals surface area contributed by atoms with Crippen molar-refractivity contribution in [3.63, 3.8) is 0 Å². The predicted octanol–water partition coefficient (Wildman–Crippen LogP) is 2.97. The summed E-state index contributed by atoms with van der Waals surface area (Å²) in [5, 5.41) is 12.6. The third kappa shape index (κ3) is 4.21. The Kier molecular flexibility index (Phi) is 5.10. The largest absolute Gasteiger partial charge is 0.394 e. The molecule has 0 bridgehead atoms. The van der Waals surface area contributed by atoms with E-state index in [0.29, 0.717) is 5.92 Å². The van der Waals surface area contributed by atoms with Crippen LogP contribution < -0.4 is 5.32 Å². The van der Waals surface area contributed by atoms with Gasteiger partial charge in [0.1, 0.15) is 16.2 Å². The van der Waals surface area contributed by atoms with E-state index in [4.69, 9.17) is 0 Å². The fraction of sp³-hybridized carbons (Fsp3) is 0.692. The van der Waals surface area contributed by atoms with Crippen LogP contribution in [0.15, 0.2) is 10.7 Å². The molecule has 1 aromatic heterocycles. The average Bonchev–Trinajstić information content (AvgIpc) is 2.23. The molecule has 0 amide bonds. The summed E-state index contributed by atoms with van der Waals surface area (Å²) < 4.78 is 0.755. The van der Waals surface area contributed by atoms with Crippen LogP contribution in [-0.2, 0) is 5.41 Å². The van der Waals surface area contributed by atoms with Crippen molar-refractivity contribution in [1.29, 1.82) is 0 Å². The van der Waals surface area contributed by atoms with Gasteiger partial charge in [0.2, 0.25) is 0 Å². The third-order valence-corrected chi connectivity index (χ3v) is 3.11. The number of nitrogens with zero attached hydrogens (tertiary/aromatic N) is 2. The minimum atomic E-state index is -0.104. The first-order valence-electron chi connectivity index (χ1n) is 6.16. The molecule has 0 saturated carbocycles. The maximum absolute atomic E-state index is 9.34. The van der Waals surface area contributed by atoms with Crippen LogP contribution in [0.25, 0.3) is 0 Å². The minimum Gasteiger partial charge on any atom is -0.394 e. The van der Waals surface area contributed by atoms with Crippen molar-refractivity contribution < 1.29 is 5.11 Å². The summed E-state index contributed by atoms with van der Waals surface area (Å²) in [6, 6.07) is 1.83. The van der Waals surface area contributed by atoms with Crippen molar-refractivity contribution in [2.75, 3.05) is 11.9 Å². The topological polar surface area (TPSA) is 58.0 Å². The molecule has 0 aliphatic carbocycles. The standard InChI is InChI=1S/C13H22BrN3O/c1-8(2)9(7-18)15-11-6-10(14)16-12(17-11)13(3,4)5/h6,8-9,18H,7H2,1-5H3,(H,15,16,17). The van der Waals surface area contributed by atoms with Gasteiger partial charge in [-0.05, 0) is 21.8 Å². The number of rotatable bonds is 4. The lowest BCUT2D eigenvalue weighted by Crippen LogP contribution is -2.30. The lowest BCUT2D eigenvalue weighted by molar-refractivity contribution is 0.249. The van der Waals surface area contributed by atoms with Gasteiger partial charge in [-0.1, -0.05) is 34.6 Å². The fourth-order valence-corrected chi connectivity index (χ4v) is 1.82. The molecule has 0 radical (unpaired) electrons. The van der Waals surface area contributed by atoms with E-state index in [9.17, 15) is 5.11 Å². The molecule has 18 heavy (non-hydrogen) atoms. The number of aromatic nitrogens is 2. The van der Waals surface area contributed by atoms with Crippen molar-refractivity contribution in [3.8, 4) is 0 Å². The quantitative estimate of drug-likeness (QED) is 0.839. The van der Waals surface area contributed by atoms with Crippen LogP contribution in [0.5, 0.6) is 0 Å². The lowest BCUT2D eigenvalue weighted by atomic mass is 9.96. The molecule has 0 aliphatic rings. The van der Waals surface area contributed by atoms with Gasteiger partial charge >= 0.3 is 0 Å². The van der Waals surface area contributed by atoms with Crippen LogP contribution in [-0.4, -0.2) is 27.7 Å². The molecule has 102 valence electrons. The van der Waals surface area contributed by atoms with Crippen LogP contribution in [0.4, 0.5) is 5.82 Å². The van der Waals surface area contributed by atoms with Crippen molar-refractivity contribution in [1.82, 2.24) is 9.97 Å². The van der Waals surface area contributed by atoms with Gasteiger partial charge in [0.25, 0.3) is 0 Å². The second-order valence-electron chi connectivity index (χ2n) is 5.83. The highest BCUT2D eigenvalue weighted by atomic mass is 79.9. The van der Waals surface area contributed by atoms with Crippen molar-refractivity contribution in [2.45, 2.75) is 46.1 Å². The first-order valence-corrected chi connectivity index (χ1v) is 6.95. The molecule has 2 N–H and O–H groups in total. The Labute approximate surface area is 117 Å². The Hall–Kier alpha value is -0.680. The first-order chi connectivity index (χ1) is 8.24. The lowest BCUT2D eigenvalue weighted by Gasteiger charge is -2.22. The van der Waals surface area contributed by atoms with Crippen LogP contribution in [0, 0.1) is 5.92 Å². The number of hydrogen-bond donors (Lipinski definition) is 2. The van der Waals surface area contributed by atoms with Crippen molar-refractivity contribution >= 4 is 21.7 Å². The van der Waals surface area contributed by atoms with E-state index in [2.05, 4.69) is 65.8 Å². The van der Waals surface area contributed by atoms with Crippen LogP contribution in [0.1, 0.15) is 40.4 Å². The highest BCUT2D eigenvalue weighted by molar-refractivity contribution is 9.10. The molecule has 0 fully saturated rings. The third-order valence-electron chi connectivity index (χ3n) is 2.70. The monoisotopic (exact) mass is 315 g/mol. The summed E-state index contributed by atoms with van der Waals surface area (Å²) in [6.07, 6.45) is 0.